The van der Waals surface area contributed by atoms with Crippen molar-refractivity contribution in [1.82, 2.24) is 10.3 Å². The number of thiazole rings is 1. The number of nitrogens with zero attached hydrogens (tertiary/aromatic N) is 1. The van der Waals surface area contributed by atoms with Gasteiger partial charge in [-0.3, -0.25) is 0 Å². The first-order chi connectivity index (χ1) is 7.81. The van der Waals surface area contributed by atoms with Crippen LogP contribution in [0.4, 0.5) is 0 Å². The van der Waals surface area contributed by atoms with Gasteiger partial charge in [-0.05, 0) is 32.7 Å². The van der Waals surface area contributed by atoms with Gasteiger partial charge < -0.3 is 10.1 Å². The van der Waals surface area contributed by atoms with Gasteiger partial charge in [-0.25, -0.2) is 4.98 Å². The number of aromatic nitrogens is 1. The van der Waals surface area contributed by atoms with Gasteiger partial charge in [0.25, 0.3) is 0 Å². The van der Waals surface area contributed by atoms with E-state index >= 15 is 0 Å². The van der Waals surface area contributed by atoms with E-state index in [1.165, 1.54) is 28.4 Å². The fraction of sp³-hybridized carbons (Fsp3) is 0.750. The maximum Gasteiger partial charge on any atom is 0.122 e. The molecule has 3 nitrogen and oxygen atoms in total. The molecule has 0 spiro atoms. The predicted octanol–water partition coefficient (Wildman–Crippen LogP) is 2.80. The van der Waals surface area contributed by atoms with Crippen molar-refractivity contribution >= 4 is 11.3 Å². The van der Waals surface area contributed by atoms with Crippen molar-refractivity contribution in [2.45, 2.75) is 45.8 Å². The fourth-order valence-electron chi connectivity index (χ4n) is 1.90. The van der Waals surface area contributed by atoms with E-state index in [4.69, 9.17) is 4.74 Å². The molecule has 4 heteroatoms. The highest BCUT2D eigenvalue weighted by Crippen LogP contribution is 2.32. The standard InChI is InChI=1S/C12H20N2OS/c1-3-6-13-8-11-9(2)14-12(16-11)10-5-4-7-15-10/h10,13H,3-8H2,1-2H3. The predicted molar refractivity (Wildman–Crippen MR) is 66.8 cm³/mol. The summed E-state index contributed by atoms with van der Waals surface area (Å²) in [5.41, 5.74) is 1.17. The number of hydrogen-bond donors (Lipinski definition) is 1. The third-order valence-corrected chi connectivity index (χ3v) is 4.08. The van der Waals surface area contributed by atoms with Crippen LogP contribution in [0, 0.1) is 6.92 Å². The molecule has 16 heavy (non-hydrogen) atoms. The summed E-state index contributed by atoms with van der Waals surface area (Å²) in [6.07, 6.45) is 3.75. The van der Waals surface area contributed by atoms with Crippen molar-refractivity contribution in [2.75, 3.05) is 13.2 Å². The van der Waals surface area contributed by atoms with Gasteiger partial charge in [0.1, 0.15) is 11.1 Å². The number of rotatable bonds is 5. The van der Waals surface area contributed by atoms with E-state index in [1.807, 2.05) is 11.3 Å². The van der Waals surface area contributed by atoms with E-state index in [9.17, 15) is 0 Å². The first kappa shape index (κ1) is 12.0. The summed E-state index contributed by atoms with van der Waals surface area (Å²) < 4.78 is 5.66. The van der Waals surface area contributed by atoms with Crippen LogP contribution in [-0.2, 0) is 11.3 Å². The highest BCUT2D eigenvalue weighted by Gasteiger charge is 2.22. The Balaban J connectivity index is 1.97. The molecule has 1 aromatic heterocycles. The Labute approximate surface area is 101 Å². The second-order valence-electron chi connectivity index (χ2n) is 4.24. The maximum atomic E-state index is 5.66. The minimum absolute atomic E-state index is 0.267. The van der Waals surface area contributed by atoms with Gasteiger partial charge in [-0.2, -0.15) is 0 Å². The molecule has 0 aromatic carbocycles. The van der Waals surface area contributed by atoms with Crippen LogP contribution < -0.4 is 5.32 Å². The van der Waals surface area contributed by atoms with E-state index < -0.39 is 0 Å². The third kappa shape index (κ3) is 2.81. The maximum absolute atomic E-state index is 5.66. The fourth-order valence-corrected chi connectivity index (χ4v) is 3.02. The average molecular weight is 240 g/mol. The summed E-state index contributed by atoms with van der Waals surface area (Å²) >= 11 is 1.81. The second-order valence-corrected chi connectivity index (χ2v) is 5.35. The molecule has 90 valence electrons. The molecule has 1 fully saturated rings. The van der Waals surface area contributed by atoms with Gasteiger partial charge >= 0.3 is 0 Å². The zero-order valence-electron chi connectivity index (χ0n) is 10.1. The number of hydrogen-bond acceptors (Lipinski definition) is 4. The van der Waals surface area contributed by atoms with Crippen molar-refractivity contribution in [3.63, 3.8) is 0 Å². The van der Waals surface area contributed by atoms with E-state index in [2.05, 4.69) is 24.1 Å². The first-order valence-electron chi connectivity index (χ1n) is 6.09. The van der Waals surface area contributed by atoms with Gasteiger partial charge in [-0.15, -0.1) is 11.3 Å². The number of nitrogens with one attached hydrogen (secondary N) is 1. The minimum Gasteiger partial charge on any atom is -0.371 e. The number of aryl methyl sites for hydroxylation is 1. The van der Waals surface area contributed by atoms with Crippen molar-refractivity contribution in [2.24, 2.45) is 0 Å². The highest BCUT2D eigenvalue weighted by atomic mass is 32.1. The lowest BCUT2D eigenvalue weighted by Gasteiger charge is -2.03. The van der Waals surface area contributed by atoms with Gasteiger partial charge in [0, 0.05) is 18.0 Å². The SMILES string of the molecule is CCCNCc1sc(C2CCCO2)nc1C. The zero-order valence-corrected chi connectivity index (χ0v) is 10.9. The van der Waals surface area contributed by atoms with Crippen LogP contribution in [0.5, 0.6) is 0 Å². The van der Waals surface area contributed by atoms with Crippen LogP contribution in [0.3, 0.4) is 0 Å². The van der Waals surface area contributed by atoms with E-state index in [0.29, 0.717) is 0 Å². The molecule has 2 heterocycles. The third-order valence-electron chi connectivity index (χ3n) is 2.83. The molecule has 1 aliphatic heterocycles. The molecule has 0 saturated carbocycles. The Kier molecular flexibility index (Phi) is 4.32. The van der Waals surface area contributed by atoms with E-state index in [-0.39, 0.29) is 6.10 Å². The van der Waals surface area contributed by atoms with Gasteiger partial charge in [0.2, 0.25) is 0 Å². The van der Waals surface area contributed by atoms with Crippen LogP contribution in [-0.4, -0.2) is 18.1 Å². The molecule has 0 amide bonds. The molecule has 0 radical (unpaired) electrons. The van der Waals surface area contributed by atoms with E-state index in [0.717, 1.165) is 26.1 Å². The first-order valence-corrected chi connectivity index (χ1v) is 6.91. The molecule has 0 bridgehead atoms. The lowest BCUT2D eigenvalue weighted by atomic mass is 10.2. The smallest absolute Gasteiger partial charge is 0.122 e. The largest absolute Gasteiger partial charge is 0.371 e. The molecule has 1 unspecified atom stereocenters. The second kappa shape index (κ2) is 5.75. The highest BCUT2D eigenvalue weighted by molar-refractivity contribution is 7.11. The molecule has 1 atom stereocenters. The van der Waals surface area contributed by atoms with Crippen LogP contribution in [0.1, 0.15) is 47.9 Å². The van der Waals surface area contributed by atoms with Crippen LogP contribution in [0.15, 0.2) is 0 Å². The van der Waals surface area contributed by atoms with Crippen LogP contribution in [0.25, 0.3) is 0 Å². The van der Waals surface area contributed by atoms with Crippen molar-refractivity contribution in [3.05, 3.63) is 15.6 Å². The Morgan fingerprint density at radius 3 is 3.12 bits per heavy atom. The molecule has 1 N–H and O–H groups in total. The summed E-state index contributed by atoms with van der Waals surface area (Å²) in [6.45, 7) is 7.20. The van der Waals surface area contributed by atoms with Gasteiger partial charge in [0.15, 0.2) is 0 Å². The monoisotopic (exact) mass is 240 g/mol. The molecule has 1 aromatic rings. The Bertz CT molecular complexity index is 332. The van der Waals surface area contributed by atoms with E-state index in [1.54, 1.807) is 0 Å². The van der Waals surface area contributed by atoms with Crippen molar-refractivity contribution < 1.29 is 4.74 Å². The molecule has 1 saturated heterocycles. The zero-order chi connectivity index (χ0) is 11.4. The van der Waals surface area contributed by atoms with Crippen LogP contribution >= 0.6 is 11.3 Å². The summed E-state index contributed by atoms with van der Waals surface area (Å²) in [7, 11) is 0. The van der Waals surface area contributed by atoms with Gasteiger partial charge in [-0.1, -0.05) is 6.92 Å². The summed E-state index contributed by atoms with van der Waals surface area (Å²) in [6, 6.07) is 0. The Hall–Kier alpha value is -0.450. The summed E-state index contributed by atoms with van der Waals surface area (Å²) in [4.78, 5) is 5.99. The van der Waals surface area contributed by atoms with Gasteiger partial charge in [0.05, 0.1) is 5.69 Å². The summed E-state index contributed by atoms with van der Waals surface area (Å²) in [5.74, 6) is 0. The Morgan fingerprint density at radius 2 is 2.44 bits per heavy atom. The lowest BCUT2D eigenvalue weighted by Crippen LogP contribution is -2.13. The molecular formula is C12H20N2OS. The number of ether oxygens (including phenoxy) is 1. The van der Waals surface area contributed by atoms with Crippen molar-refractivity contribution in [1.29, 1.82) is 0 Å². The minimum atomic E-state index is 0.267. The average Bonchev–Trinajstić information content (AvgIpc) is 2.88. The Morgan fingerprint density at radius 1 is 1.56 bits per heavy atom. The molecule has 1 aliphatic rings. The normalized spacial score (nSPS) is 20.5. The molecule has 2 rings (SSSR count). The van der Waals surface area contributed by atoms with Crippen molar-refractivity contribution in [3.8, 4) is 0 Å². The summed E-state index contributed by atoms with van der Waals surface area (Å²) in [5, 5.41) is 4.60. The quantitative estimate of drug-likeness (QED) is 0.804. The topological polar surface area (TPSA) is 34.1 Å². The van der Waals surface area contributed by atoms with Crippen LogP contribution in [0.2, 0.25) is 0 Å². The molecule has 0 aliphatic carbocycles. The lowest BCUT2D eigenvalue weighted by molar-refractivity contribution is 0.111. The molecular weight excluding hydrogens is 220 g/mol.